The number of carbonyl (C=O) groups is 1. The van der Waals surface area contributed by atoms with E-state index in [4.69, 9.17) is 4.74 Å². The predicted molar refractivity (Wildman–Crippen MR) is 113 cm³/mol. The Bertz CT molecular complexity index is 680. The van der Waals surface area contributed by atoms with E-state index >= 15 is 0 Å². The number of hydrogen-bond donors (Lipinski definition) is 1. The summed E-state index contributed by atoms with van der Waals surface area (Å²) < 4.78 is 5.45. The lowest BCUT2D eigenvalue weighted by Gasteiger charge is -2.54. The van der Waals surface area contributed by atoms with Crippen molar-refractivity contribution in [3.8, 4) is 0 Å². The number of morpholine rings is 1. The second kappa shape index (κ2) is 7.46. The van der Waals surface area contributed by atoms with Gasteiger partial charge in [0.15, 0.2) is 0 Å². The Morgan fingerprint density at radius 3 is 2.72 bits per heavy atom. The fourth-order valence-corrected chi connectivity index (χ4v) is 8.09. The predicted octanol–water partition coefficient (Wildman–Crippen LogP) is 3.83. The van der Waals surface area contributed by atoms with E-state index in [2.05, 4.69) is 17.9 Å². The molecule has 1 saturated heterocycles. The van der Waals surface area contributed by atoms with Gasteiger partial charge in [0.25, 0.3) is 0 Å². The third-order valence-corrected chi connectivity index (χ3v) is 9.59. The summed E-state index contributed by atoms with van der Waals surface area (Å²) in [4.78, 5) is 15.6. The Hall–Kier alpha value is -0.710. The van der Waals surface area contributed by atoms with Crippen LogP contribution in [0.3, 0.4) is 0 Å². The maximum Gasteiger partial charge on any atom is 0.150 e. The third-order valence-electron chi connectivity index (χ3n) is 9.59. The molecule has 5 aliphatic rings. The second-order valence-electron chi connectivity index (χ2n) is 11.3. The van der Waals surface area contributed by atoms with Gasteiger partial charge in [0, 0.05) is 19.0 Å². The zero-order valence-corrected chi connectivity index (χ0v) is 18.4. The van der Waals surface area contributed by atoms with Crippen molar-refractivity contribution in [3.05, 3.63) is 11.6 Å². The van der Waals surface area contributed by atoms with Crippen LogP contribution in [0.25, 0.3) is 0 Å². The number of carbonyl (C=O) groups excluding carboxylic acids is 1. The maximum absolute atomic E-state index is 13.3. The number of nitrogens with zero attached hydrogens (tertiary/aromatic N) is 1. The number of fused-ring (bicyclic) bond motifs is 5. The van der Waals surface area contributed by atoms with Crippen LogP contribution in [-0.4, -0.2) is 54.2 Å². The number of rotatable bonds is 3. The van der Waals surface area contributed by atoms with Crippen LogP contribution in [0.5, 0.6) is 0 Å². The highest BCUT2D eigenvalue weighted by Gasteiger charge is 2.57. The third kappa shape index (κ3) is 3.53. The highest BCUT2D eigenvalue weighted by molar-refractivity contribution is 5.84. The summed E-state index contributed by atoms with van der Waals surface area (Å²) in [5.74, 6) is 3.70. The fraction of sp³-hybridized carbons (Fsp3) is 0.880. The van der Waals surface area contributed by atoms with Crippen molar-refractivity contribution in [2.24, 2.45) is 35.0 Å². The number of ether oxygens (including phenoxy) is 1. The van der Waals surface area contributed by atoms with Crippen molar-refractivity contribution in [2.75, 3.05) is 32.8 Å². The molecule has 1 aliphatic heterocycles. The Morgan fingerprint density at radius 1 is 1.14 bits per heavy atom. The van der Waals surface area contributed by atoms with Crippen LogP contribution in [0, 0.1) is 35.0 Å². The van der Waals surface area contributed by atoms with Gasteiger partial charge in [-0.25, -0.2) is 0 Å². The van der Waals surface area contributed by atoms with Crippen LogP contribution >= 0.6 is 0 Å². The topological polar surface area (TPSA) is 49.8 Å². The molecule has 0 aromatic carbocycles. The summed E-state index contributed by atoms with van der Waals surface area (Å²) in [5.41, 5.74) is 1.25. The monoisotopic (exact) mass is 401 g/mol. The Kier molecular flexibility index (Phi) is 5.20. The Morgan fingerprint density at radius 2 is 1.93 bits per heavy atom. The van der Waals surface area contributed by atoms with Gasteiger partial charge in [-0.1, -0.05) is 18.6 Å². The summed E-state index contributed by atoms with van der Waals surface area (Å²) in [7, 11) is 0. The molecule has 5 rings (SSSR count). The molecule has 29 heavy (non-hydrogen) atoms. The van der Waals surface area contributed by atoms with Crippen molar-refractivity contribution in [3.63, 3.8) is 0 Å². The molecule has 7 atom stereocenters. The normalized spacial score (nSPS) is 47.7. The number of ketones is 1. The largest absolute Gasteiger partial charge is 0.390 e. The quantitative estimate of drug-likeness (QED) is 0.730. The SMILES string of the molecule is C[C@]1(O)CC[C@H]2C(=CC[C@@H]3[C@@H]2CC[C@]2(C)[C@@H](C(=O)CN4CCOCC4)CC[C@@H]32)C1. The summed E-state index contributed by atoms with van der Waals surface area (Å²) in [6.07, 6.45) is 11.5. The summed E-state index contributed by atoms with van der Waals surface area (Å²) in [6.45, 7) is 8.44. The van der Waals surface area contributed by atoms with Gasteiger partial charge in [-0.15, -0.1) is 0 Å². The van der Waals surface area contributed by atoms with E-state index in [-0.39, 0.29) is 11.3 Å². The highest BCUT2D eigenvalue weighted by atomic mass is 16.5. The van der Waals surface area contributed by atoms with E-state index in [9.17, 15) is 9.90 Å². The van der Waals surface area contributed by atoms with Crippen molar-refractivity contribution < 1.29 is 14.6 Å². The van der Waals surface area contributed by atoms with E-state index in [1.807, 2.05) is 6.92 Å². The minimum absolute atomic E-state index is 0.204. The first-order chi connectivity index (χ1) is 13.9. The van der Waals surface area contributed by atoms with Crippen molar-refractivity contribution in [1.29, 1.82) is 0 Å². The van der Waals surface area contributed by atoms with E-state index in [0.717, 1.165) is 63.8 Å². The summed E-state index contributed by atoms with van der Waals surface area (Å²) in [5, 5.41) is 10.5. The smallest absolute Gasteiger partial charge is 0.150 e. The molecular formula is C25H39NO3. The van der Waals surface area contributed by atoms with Gasteiger partial charge in [0.1, 0.15) is 5.78 Å². The van der Waals surface area contributed by atoms with E-state index in [0.29, 0.717) is 24.2 Å². The molecule has 4 aliphatic carbocycles. The van der Waals surface area contributed by atoms with Gasteiger partial charge in [-0.3, -0.25) is 9.69 Å². The first-order valence-electron chi connectivity index (χ1n) is 12.1. The molecular weight excluding hydrogens is 362 g/mol. The minimum Gasteiger partial charge on any atom is -0.390 e. The molecule has 0 amide bonds. The first-order valence-corrected chi connectivity index (χ1v) is 12.1. The molecule has 1 N–H and O–H groups in total. The number of hydrogen-bond acceptors (Lipinski definition) is 4. The highest BCUT2D eigenvalue weighted by Crippen LogP contribution is 2.63. The molecule has 0 radical (unpaired) electrons. The van der Waals surface area contributed by atoms with Crippen LogP contribution in [0.2, 0.25) is 0 Å². The standard InChI is InChI=1S/C25H39NO3/c1-24(28)9-7-18-17(15-24)3-4-20-19(18)8-10-25(2)21(20)5-6-22(25)23(27)16-26-11-13-29-14-12-26/h3,18-22,28H,4-16H2,1-2H3/t18-,19+,20+,21-,22+,24-,25-/m0/s1. The zero-order chi connectivity index (χ0) is 20.2. The lowest BCUT2D eigenvalue weighted by atomic mass is 9.51. The van der Waals surface area contributed by atoms with Crippen LogP contribution < -0.4 is 0 Å². The molecule has 4 fully saturated rings. The van der Waals surface area contributed by atoms with Crippen molar-refractivity contribution in [1.82, 2.24) is 4.90 Å². The van der Waals surface area contributed by atoms with Crippen molar-refractivity contribution >= 4 is 5.78 Å². The van der Waals surface area contributed by atoms with Gasteiger partial charge < -0.3 is 9.84 Å². The van der Waals surface area contributed by atoms with Gasteiger partial charge in [-0.05, 0) is 87.4 Å². The average molecular weight is 402 g/mol. The first kappa shape index (κ1) is 20.2. The van der Waals surface area contributed by atoms with Crippen molar-refractivity contribution in [2.45, 2.75) is 70.8 Å². The summed E-state index contributed by atoms with van der Waals surface area (Å²) in [6, 6.07) is 0. The molecule has 4 heteroatoms. The average Bonchev–Trinajstić information content (AvgIpc) is 3.05. The van der Waals surface area contributed by atoms with Crippen LogP contribution in [0.15, 0.2) is 11.6 Å². The lowest BCUT2D eigenvalue weighted by molar-refractivity contribution is -0.131. The zero-order valence-electron chi connectivity index (χ0n) is 18.4. The fourth-order valence-electron chi connectivity index (χ4n) is 8.09. The molecule has 0 spiro atoms. The molecule has 0 unspecified atom stereocenters. The number of aliphatic hydroxyl groups is 1. The molecule has 0 aromatic rings. The number of allylic oxidation sites excluding steroid dienone is 1. The molecule has 162 valence electrons. The molecule has 4 nitrogen and oxygen atoms in total. The lowest BCUT2D eigenvalue weighted by Crippen LogP contribution is -2.49. The summed E-state index contributed by atoms with van der Waals surface area (Å²) >= 11 is 0. The molecule has 0 aromatic heterocycles. The maximum atomic E-state index is 13.3. The Labute approximate surface area is 176 Å². The molecule has 3 saturated carbocycles. The van der Waals surface area contributed by atoms with Gasteiger partial charge in [0.05, 0.1) is 25.4 Å². The number of Topliss-reactive ketones (excluding diaryl/α,β-unsaturated/α-hetero) is 1. The van der Waals surface area contributed by atoms with E-state index < -0.39 is 5.60 Å². The molecule has 0 bridgehead atoms. The van der Waals surface area contributed by atoms with E-state index in [1.54, 1.807) is 5.57 Å². The van der Waals surface area contributed by atoms with Gasteiger partial charge >= 0.3 is 0 Å². The van der Waals surface area contributed by atoms with Crippen LogP contribution in [0.1, 0.15) is 65.2 Å². The minimum atomic E-state index is -0.497. The second-order valence-corrected chi connectivity index (χ2v) is 11.3. The molecule has 1 heterocycles. The Balaban J connectivity index is 1.30. The van der Waals surface area contributed by atoms with Gasteiger partial charge in [0.2, 0.25) is 0 Å². The van der Waals surface area contributed by atoms with E-state index in [1.165, 1.54) is 25.7 Å². The van der Waals surface area contributed by atoms with Crippen LogP contribution in [-0.2, 0) is 9.53 Å². The van der Waals surface area contributed by atoms with Crippen LogP contribution in [0.4, 0.5) is 0 Å². The van der Waals surface area contributed by atoms with Gasteiger partial charge in [-0.2, -0.15) is 0 Å².